The van der Waals surface area contributed by atoms with E-state index < -0.39 is 22.8 Å². The third-order valence-corrected chi connectivity index (χ3v) is 2.41. The highest BCUT2D eigenvalue weighted by Gasteiger charge is 2.20. The fourth-order valence-electron chi connectivity index (χ4n) is 1.44. The Bertz CT molecular complexity index is 486. The molecule has 0 aliphatic rings. The summed E-state index contributed by atoms with van der Waals surface area (Å²) in [4.78, 5) is 32.0. The average molecular weight is 267 g/mol. The van der Waals surface area contributed by atoms with Gasteiger partial charge in [0.2, 0.25) is 5.91 Å². The van der Waals surface area contributed by atoms with Crippen LogP contribution in [-0.4, -0.2) is 34.5 Å². The van der Waals surface area contributed by atoms with Gasteiger partial charge in [-0.3, -0.25) is 14.9 Å². The van der Waals surface area contributed by atoms with Crippen LogP contribution in [0.5, 0.6) is 0 Å². The van der Waals surface area contributed by atoms with Crippen LogP contribution in [0, 0.1) is 10.1 Å². The van der Waals surface area contributed by atoms with Gasteiger partial charge < -0.3 is 16.2 Å². The second-order valence-corrected chi connectivity index (χ2v) is 3.79. The zero-order valence-electron chi connectivity index (χ0n) is 9.91. The van der Waals surface area contributed by atoms with Crippen LogP contribution in [0.25, 0.3) is 0 Å². The van der Waals surface area contributed by atoms with E-state index in [1.807, 2.05) is 0 Å². The van der Waals surface area contributed by atoms with Crippen molar-refractivity contribution in [2.45, 2.75) is 12.5 Å². The molecule has 1 amide bonds. The molecule has 0 saturated carbocycles. The van der Waals surface area contributed by atoms with Gasteiger partial charge in [0.1, 0.15) is 6.04 Å². The monoisotopic (exact) mass is 267 g/mol. The minimum Gasteiger partial charge on any atom is -0.480 e. The molecule has 0 saturated heterocycles. The third-order valence-electron chi connectivity index (χ3n) is 2.41. The molecule has 0 heterocycles. The molecular formula is C11H13N3O5. The van der Waals surface area contributed by atoms with Crippen LogP contribution in [0.3, 0.4) is 0 Å². The van der Waals surface area contributed by atoms with Crippen molar-refractivity contribution in [3.63, 3.8) is 0 Å². The van der Waals surface area contributed by atoms with Crippen LogP contribution < -0.4 is 11.1 Å². The Morgan fingerprint density at radius 2 is 1.95 bits per heavy atom. The number of hydrogen-bond donors (Lipinski definition) is 3. The standard InChI is InChI=1S/C11H13N3O5/c12-6-10(15)13-9(11(16)17)5-7-1-3-8(4-2-7)14(18)19/h1-4,9H,5-6,12H2,(H,13,15)(H,16,17)/t9-/m0/s1. The molecule has 1 aromatic carbocycles. The third kappa shape index (κ3) is 4.36. The molecule has 1 atom stereocenters. The van der Waals surface area contributed by atoms with Crippen LogP contribution in [0.1, 0.15) is 5.56 Å². The number of hydrogen-bond acceptors (Lipinski definition) is 5. The number of carboxylic acids is 1. The number of nitrogens with zero attached hydrogens (tertiary/aromatic N) is 1. The molecule has 0 aliphatic heterocycles. The number of benzene rings is 1. The van der Waals surface area contributed by atoms with Crippen molar-refractivity contribution < 1.29 is 19.6 Å². The molecule has 102 valence electrons. The summed E-state index contributed by atoms with van der Waals surface area (Å²) in [7, 11) is 0. The summed E-state index contributed by atoms with van der Waals surface area (Å²) in [5.74, 6) is -1.77. The lowest BCUT2D eigenvalue weighted by Crippen LogP contribution is -2.44. The molecule has 0 spiro atoms. The molecule has 0 fully saturated rings. The molecule has 1 aromatic rings. The predicted octanol–water partition coefficient (Wildman–Crippen LogP) is -0.335. The van der Waals surface area contributed by atoms with E-state index in [-0.39, 0.29) is 18.7 Å². The zero-order chi connectivity index (χ0) is 14.4. The van der Waals surface area contributed by atoms with Crippen molar-refractivity contribution in [1.82, 2.24) is 5.32 Å². The van der Waals surface area contributed by atoms with Crippen LogP contribution in [0.4, 0.5) is 5.69 Å². The Morgan fingerprint density at radius 1 is 1.37 bits per heavy atom. The topological polar surface area (TPSA) is 136 Å². The largest absolute Gasteiger partial charge is 0.480 e. The molecule has 8 nitrogen and oxygen atoms in total. The quantitative estimate of drug-likeness (QED) is 0.476. The number of aliphatic carboxylic acids is 1. The summed E-state index contributed by atoms with van der Waals surface area (Å²) in [5, 5.41) is 21.7. The van der Waals surface area contributed by atoms with Gasteiger partial charge in [-0.15, -0.1) is 0 Å². The first-order chi connectivity index (χ1) is 8.93. The molecule has 0 bridgehead atoms. The molecule has 0 aromatic heterocycles. The Balaban J connectivity index is 2.76. The minimum absolute atomic E-state index is 0.0269. The van der Waals surface area contributed by atoms with Crippen LogP contribution >= 0.6 is 0 Å². The number of amides is 1. The maximum absolute atomic E-state index is 11.1. The SMILES string of the molecule is NCC(=O)N[C@@H](Cc1ccc([N+](=O)[O-])cc1)C(=O)O. The van der Waals surface area contributed by atoms with E-state index in [1.165, 1.54) is 24.3 Å². The highest BCUT2D eigenvalue weighted by Crippen LogP contribution is 2.13. The van der Waals surface area contributed by atoms with E-state index in [0.29, 0.717) is 5.56 Å². The molecule has 1 rings (SSSR count). The van der Waals surface area contributed by atoms with Crippen LogP contribution in [0.15, 0.2) is 24.3 Å². The molecule has 0 aliphatic carbocycles. The number of rotatable bonds is 6. The number of carbonyl (C=O) groups excluding carboxylic acids is 1. The molecule has 4 N–H and O–H groups in total. The highest BCUT2D eigenvalue weighted by atomic mass is 16.6. The Labute approximate surface area is 108 Å². The van der Waals surface area contributed by atoms with E-state index in [4.69, 9.17) is 10.8 Å². The fourth-order valence-corrected chi connectivity index (χ4v) is 1.44. The predicted molar refractivity (Wildman–Crippen MR) is 65.4 cm³/mol. The lowest BCUT2D eigenvalue weighted by atomic mass is 10.1. The first-order valence-corrected chi connectivity index (χ1v) is 5.39. The van der Waals surface area contributed by atoms with Gasteiger partial charge >= 0.3 is 5.97 Å². The Hall–Kier alpha value is -2.48. The molecule has 19 heavy (non-hydrogen) atoms. The van der Waals surface area contributed by atoms with E-state index in [9.17, 15) is 19.7 Å². The van der Waals surface area contributed by atoms with Gasteiger partial charge in [0.05, 0.1) is 11.5 Å². The van der Waals surface area contributed by atoms with Gasteiger partial charge in [-0.2, -0.15) is 0 Å². The van der Waals surface area contributed by atoms with E-state index >= 15 is 0 Å². The molecule has 0 unspecified atom stereocenters. The van der Waals surface area contributed by atoms with Crippen molar-refractivity contribution in [2.75, 3.05) is 6.54 Å². The number of nitrogens with two attached hydrogens (primary N) is 1. The summed E-state index contributed by atoms with van der Waals surface area (Å²) in [5.41, 5.74) is 5.57. The fraction of sp³-hybridized carbons (Fsp3) is 0.273. The Morgan fingerprint density at radius 3 is 2.37 bits per heavy atom. The van der Waals surface area contributed by atoms with E-state index in [2.05, 4.69) is 5.32 Å². The number of non-ortho nitro benzene ring substituents is 1. The number of nitro groups is 1. The zero-order valence-corrected chi connectivity index (χ0v) is 9.91. The van der Waals surface area contributed by atoms with Crippen LogP contribution in [-0.2, 0) is 16.0 Å². The highest BCUT2D eigenvalue weighted by molar-refractivity contribution is 5.84. The number of carbonyl (C=O) groups is 2. The summed E-state index contributed by atoms with van der Waals surface area (Å²) in [6, 6.07) is 4.33. The summed E-state index contributed by atoms with van der Waals surface area (Å²) >= 11 is 0. The van der Waals surface area contributed by atoms with Gasteiger partial charge in [0.25, 0.3) is 5.69 Å². The lowest BCUT2D eigenvalue weighted by molar-refractivity contribution is -0.384. The van der Waals surface area contributed by atoms with Gasteiger partial charge in [-0.1, -0.05) is 12.1 Å². The normalized spacial score (nSPS) is 11.6. The second kappa shape index (κ2) is 6.45. The smallest absolute Gasteiger partial charge is 0.326 e. The number of nitrogens with one attached hydrogen (secondary N) is 1. The minimum atomic E-state index is -1.19. The molecule has 8 heteroatoms. The first kappa shape index (κ1) is 14.6. The maximum atomic E-state index is 11.1. The van der Waals surface area contributed by atoms with Crippen molar-refractivity contribution >= 4 is 17.6 Å². The summed E-state index contributed by atoms with van der Waals surface area (Å²) < 4.78 is 0. The number of nitro benzene ring substituents is 1. The Kier molecular flexibility index (Phi) is 4.95. The van der Waals surface area contributed by atoms with Gasteiger partial charge in [-0.25, -0.2) is 4.79 Å². The van der Waals surface area contributed by atoms with Crippen molar-refractivity contribution in [1.29, 1.82) is 0 Å². The van der Waals surface area contributed by atoms with E-state index in [1.54, 1.807) is 0 Å². The second-order valence-electron chi connectivity index (χ2n) is 3.79. The molecule has 0 radical (unpaired) electrons. The summed E-state index contributed by atoms with van der Waals surface area (Å²) in [6.07, 6.45) is 0.0269. The van der Waals surface area contributed by atoms with Gasteiger partial charge in [-0.05, 0) is 5.56 Å². The first-order valence-electron chi connectivity index (χ1n) is 5.39. The van der Waals surface area contributed by atoms with Gasteiger partial charge in [0, 0.05) is 18.6 Å². The lowest BCUT2D eigenvalue weighted by Gasteiger charge is -2.13. The van der Waals surface area contributed by atoms with Crippen molar-refractivity contribution in [3.05, 3.63) is 39.9 Å². The van der Waals surface area contributed by atoms with Crippen molar-refractivity contribution in [2.24, 2.45) is 5.73 Å². The summed E-state index contributed by atoms with van der Waals surface area (Å²) in [6.45, 7) is -0.302. The van der Waals surface area contributed by atoms with Gasteiger partial charge in [0.15, 0.2) is 0 Å². The van der Waals surface area contributed by atoms with Crippen LogP contribution in [0.2, 0.25) is 0 Å². The maximum Gasteiger partial charge on any atom is 0.326 e. The number of carboxylic acid groups (broad SMARTS) is 1. The average Bonchev–Trinajstić information content (AvgIpc) is 2.38. The molecular weight excluding hydrogens is 254 g/mol. The van der Waals surface area contributed by atoms with E-state index in [0.717, 1.165) is 0 Å². The van der Waals surface area contributed by atoms with Crippen molar-refractivity contribution in [3.8, 4) is 0 Å².